The molecule has 2 amide bonds. The van der Waals surface area contributed by atoms with Gasteiger partial charge in [0.2, 0.25) is 0 Å². The normalized spacial score (nSPS) is 19.3. The van der Waals surface area contributed by atoms with Crippen LogP contribution < -0.4 is 5.32 Å². The van der Waals surface area contributed by atoms with Crippen LogP contribution in [0.3, 0.4) is 0 Å². The van der Waals surface area contributed by atoms with Gasteiger partial charge >= 0.3 is 12.0 Å². The van der Waals surface area contributed by atoms with E-state index in [1.807, 2.05) is 13.8 Å². The van der Waals surface area contributed by atoms with Crippen molar-refractivity contribution in [3.05, 3.63) is 0 Å². The summed E-state index contributed by atoms with van der Waals surface area (Å²) in [7, 11) is 0. The fourth-order valence-corrected chi connectivity index (χ4v) is 2.66. The molecule has 20 heavy (non-hydrogen) atoms. The molecule has 1 rings (SSSR count). The van der Waals surface area contributed by atoms with Crippen molar-refractivity contribution in [2.45, 2.75) is 52.1 Å². The highest BCUT2D eigenvalue weighted by Crippen LogP contribution is 2.15. The first-order valence-electron chi connectivity index (χ1n) is 7.46. The van der Waals surface area contributed by atoms with E-state index in [4.69, 9.17) is 5.11 Å². The minimum Gasteiger partial charge on any atom is -0.481 e. The number of rotatable bonds is 7. The number of hydrogen-bond acceptors (Lipinski definition) is 3. The number of hydrogen-bond donors (Lipinski definition) is 2. The smallest absolute Gasteiger partial charge is 0.317 e. The molecule has 1 heterocycles. The first kappa shape index (κ1) is 16.8. The predicted molar refractivity (Wildman–Crippen MR) is 77.8 cm³/mol. The summed E-state index contributed by atoms with van der Waals surface area (Å²) in [6, 6.07) is 0.252. The van der Waals surface area contributed by atoms with E-state index in [-0.39, 0.29) is 25.0 Å². The van der Waals surface area contributed by atoms with Gasteiger partial charge in [-0.25, -0.2) is 4.79 Å². The van der Waals surface area contributed by atoms with Gasteiger partial charge in [0.15, 0.2) is 0 Å². The zero-order valence-corrected chi connectivity index (χ0v) is 12.8. The second-order valence-electron chi connectivity index (χ2n) is 5.54. The van der Waals surface area contributed by atoms with Crippen LogP contribution >= 0.6 is 0 Å². The maximum atomic E-state index is 12.2. The maximum absolute atomic E-state index is 12.2. The summed E-state index contributed by atoms with van der Waals surface area (Å²) in [4.78, 5) is 26.7. The van der Waals surface area contributed by atoms with Crippen molar-refractivity contribution in [1.82, 2.24) is 15.1 Å². The zero-order valence-electron chi connectivity index (χ0n) is 12.8. The summed E-state index contributed by atoms with van der Waals surface area (Å²) in [6.45, 7) is 8.93. The van der Waals surface area contributed by atoms with Crippen LogP contribution in [0.1, 0.15) is 40.0 Å². The molecule has 1 atom stereocenters. The number of likely N-dealkylation sites (tertiary alicyclic amines) is 1. The van der Waals surface area contributed by atoms with Gasteiger partial charge in [-0.2, -0.15) is 0 Å². The number of carboxylic acids is 1. The first-order valence-corrected chi connectivity index (χ1v) is 7.46. The van der Waals surface area contributed by atoms with Gasteiger partial charge in [0, 0.05) is 25.2 Å². The number of aliphatic carboxylic acids is 1. The fourth-order valence-electron chi connectivity index (χ4n) is 2.66. The highest BCUT2D eigenvalue weighted by molar-refractivity contribution is 5.75. The van der Waals surface area contributed by atoms with Gasteiger partial charge in [0.05, 0.1) is 6.42 Å². The molecule has 2 N–H and O–H groups in total. The van der Waals surface area contributed by atoms with E-state index >= 15 is 0 Å². The van der Waals surface area contributed by atoms with E-state index in [9.17, 15) is 9.59 Å². The van der Waals surface area contributed by atoms with Crippen molar-refractivity contribution in [1.29, 1.82) is 0 Å². The summed E-state index contributed by atoms with van der Waals surface area (Å²) in [6.07, 6.45) is 2.28. The van der Waals surface area contributed by atoms with E-state index in [0.29, 0.717) is 12.6 Å². The van der Waals surface area contributed by atoms with E-state index in [2.05, 4.69) is 17.1 Å². The molecular weight excluding hydrogens is 258 g/mol. The molecule has 1 saturated heterocycles. The largest absolute Gasteiger partial charge is 0.481 e. The molecule has 6 nitrogen and oxygen atoms in total. The van der Waals surface area contributed by atoms with E-state index in [0.717, 1.165) is 19.5 Å². The van der Waals surface area contributed by atoms with Crippen LogP contribution in [0, 0.1) is 0 Å². The molecule has 0 saturated carbocycles. The molecular formula is C14H27N3O3. The topological polar surface area (TPSA) is 72.9 Å². The third-order valence-corrected chi connectivity index (χ3v) is 3.84. The zero-order chi connectivity index (χ0) is 15.1. The number of likely N-dealkylation sites (N-methyl/N-ethyl adjacent to an activating group) is 1. The van der Waals surface area contributed by atoms with Gasteiger partial charge in [-0.1, -0.05) is 6.92 Å². The Hall–Kier alpha value is -1.30. The Morgan fingerprint density at radius 2 is 2.15 bits per heavy atom. The van der Waals surface area contributed by atoms with Crippen LogP contribution in [0.25, 0.3) is 0 Å². The number of carboxylic acid groups (broad SMARTS) is 1. The van der Waals surface area contributed by atoms with Crippen molar-refractivity contribution in [3.8, 4) is 0 Å². The number of urea groups is 1. The van der Waals surface area contributed by atoms with Crippen LogP contribution in [0.4, 0.5) is 4.79 Å². The molecule has 1 fully saturated rings. The van der Waals surface area contributed by atoms with Gasteiger partial charge in [-0.05, 0) is 39.8 Å². The maximum Gasteiger partial charge on any atom is 0.317 e. The Labute approximate surface area is 121 Å². The standard InChI is InChI=1S/C14H27N3O3/c1-4-16-8-5-6-12(16)10-15-14(20)17(11(2)3)9-7-13(18)19/h11-12H,4-10H2,1-3H3,(H,15,20)(H,18,19). The molecule has 0 aromatic carbocycles. The van der Waals surface area contributed by atoms with Gasteiger partial charge in [-0.3, -0.25) is 9.69 Å². The lowest BCUT2D eigenvalue weighted by Crippen LogP contribution is -2.48. The molecule has 1 aliphatic rings. The molecule has 0 radical (unpaired) electrons. The molecule has 1 aliphatic heterocycles. The third kappa shape index (κ3) is 5.00. The average molecular weight is 285 g/mol. The summed E-state index contributed by atoms with van der Waals surface area (Å²) >= 11 is 0. The van der Waals surface area contributed by atoms with Gasteiger partial charge < -0.3 is 15.3 Å². The minimum atomic E-state index is -0.878. The summed E-state index contributed by atoms with van der Waals surface area (Å²) in [5.41, 5.74) is 0. The van der Waals surface area contributed by atoms with Crippen molar-refractivity contribution in [2.24, 2.45) is 0 Å². The van der Waals surface area contributed by atoms with Crippen molar-refractivity contribution in [3.63, 3.8) is 0 Å². The molecule has 1 unspecified atom stereocenters. The quantitative estimate of drug-likeness (QED) is 0.741. The van der Waals surface area contributed by atoms with Crippen LogP contribution in [0.15, 0.2) is 0 Å². The SMILES string of the molecule is CCN1CCCC1CNC(=O)N(CCC(=O)O)C(C)C. The summed E-state index contributed by atoms with van der Waals surface area (Å²) in [5, 5.41) is 11.7. The van der Waals surface area contributed by atoms with E-state index in [1.54, 1.807) is 4.90 Å². The third-order valence-electron chi connectivity index (χ3n) is 3.84. The van der Waals surface area contributed by atoms with Crippen LogP contribution in [0.5, 0.6) is 0 Å². The number of carbonyl (C=O) groups is 2. The molecule has 0 bridgehead atoms. The number of amides is 2. The lowest BCUT2D eigenvalue weighted by molar-refractivity contribution is -0.137. The van der Waals surface area contributed by atoms with E-state index in [1.165, 1.54) is 6.42 Å². The monoisotopic (exact) mass is 285 g/mol. The number of nitrogens with one attached hydrogen (secondary N) is 1. The average Bonchev–Trinajstić information content (AvgIpc) is 2.83. The Bertz CT molecular complexity index is 334. The molecule has 0 aromatic rings. The minimum absolute atomic E-state index is 0.000191. The lowest BCUT2D eigenvalue weighted by Gasteiger charge is -2.28. The fraction of sp³-hybridized carbons (Fsp3) is 0.857. The first-order chi connectivity index (χ1) is 9.45. The second kappa shape index (κ2) is 8.09. The van der Waals surface area contributed by atoms with Gasteiger partial charge in [0.1, 0.15) is 0 Å². The summed E-state index contributed by atoms with van der Waals surface area (Å²) < 4.78 is 0. The highest BCUT2D eigenvalue weighted by atomic mass is 16.4. The Kier molecular flexibility index (Phi) is 6.78. The van der Waals surface area contributed by atoms with E-state index < -0.39 is 5.97 Å². The predicted octanol–water partition coefficient (Wildman–Crippen LogP) is 1.37. The van der Waals surface area contributed by atoms with Crippen LogP contribution in [-0.4, -0.2) is 65.2 Å². The molecule has 6 heteroatoms. The Morgan fingerprint density at radius 1 is 1.45 bits per heavy atom. The molecule has 116 valence electrons. The summed E-state index contributed by atoms with van der Waals surface area (Å²) in [5.74, 6) is -0.878. The van der Waals surface area contributed by atoms with Gasteiger partial charge in [-0.15, -0.1) is 0 Å². The lowest BCUT2D eigenvalue weighted by atomic mass is 10.2. The van der Waals surface area contributed by atoms with Crippen molar-refractivity contribution in [2.75, 3.05) is 26.2 Å². The highest BCUT2D eigenvalue weighted by Gasteiger charge is 2.24. The molecule has 0 aliphatic carbocycles. The van der Waals surface area contributed by atoms with Crippen LogP contribution in [-0.2, 0) is 4.79 Å². The van der Waals surface area contributed by atoms with Gasteiger partial charge in [0.25, 0.3) is 0 Å². The Balaban J connectivity index is 2.43. The molecule has 0 aromatic heterocycles. The number of carbonyl (C=O) groups excluding carboxylic acids is 1. The molecule has 0 spiro atoms. The van der Waals surface area contributed by atoms with Crippen molar-refractivity contribution < 1.29 is 14.7 Å². The second-order valence-corrected chi connectivity index (χ2v) is 5.54. The Morgan fingerprint density at radius 3 is 2.70 bits per heavy atom. The van der Waals surface area contributed by atoms with Crippen molar-refractivity contribution >= 4 is 12.0 Å². The van der Waals surface area contributed by atoms with Crippen LogP contribution in [0.2, 0.25) is 0 Å². The number of nitrogens with zero attached hydrogens (tertiary/aromatic N) is 2.